The fourth-order valence-electron chi connectivity index (χ4n) is 1.41. The Balaban J connectivity index is 2.76. The average Bonchev–Trinajstić information content (AvgIpc) is 2.28. The van der Waals surface area contributed by atoms with Crippen LogP contribution in [-0.4, -0.2) is 24.6 Å². The Morgan fingerprint density at radius 2 is 1.88 bits per heavy atom. The maximum Gasteiger partial charge on any atom is 0.187 e. The molecular weight excluding hydrogens is 228 g/mol. The molecule has 0 saturated heterocycles. The Kier molecular flexibility index (Phi) is 5.77. The van der Waals surface area contributed by atoms with E-state index in [0.717, 1.165) is 0 Å². The second-order valence-corrected chi connectivity index (χ2v) is 3.72. The molecular formula is C12H17ClO3. The number of hydrogen-bond donors (Lipinski definition) is 1. The van der Waals surface area contributed by atoms with Crippen molar-refractivity contribution in [1.29, 1.82) is 0 Å². The van der Waals surface area contributed by atoms with Crippen LogP contribution in [0.2, 0.25) is 5.02 Å². The van der Waals surface area contributed by atoms with Crippen molar-refractivity contribution in [3.8, 4) is 0 Å². The SMILES string of the molecule is CCOC(OCC)C(O)c1cccc(Cl)c1. The molecule has 0 aromatic heterocycles. The highest BCUT2D eigenvalue weighted by Gasteiger charge is 2.21. The number of ether oxygens (including phenoxy) is 2. The number of hydrogen-bond acceptors (Lipinski definition) is 3. The standard InChI is InChI=1S/C12H17ClO3/c1-3-15-12(16-4-2)11(14)9-6-5-7-10(13)8-9/h5-8,11-12,14H,3-4H2,1-2H3. The van der Waals surface area contributed by atoms with Crippen LogP contribution in [0.5, 0.6) is 0 Å². The van der Waals surface area contributed by atoms with Crippen LogP contribution in [0.25, 0.3) is 0 Å². The third-order valence-electron chi connectivity index (χ3n) is 2.11. The summed E-state index contributed by atoms with van der Waals surface area (Å²) in [7, 11) is 0. The molecule has 0 spiro atoms. The number of benzene rings is 1. The van der Waals surface area contributed by atoms with E-state index < -0.39 is 12.4 Å². The van der Waals surface area contributed by atoms with E-state index in [0.29, 0.717) is 23.8 Å². The van der Waals surface area contributed by atoms with Crippen LogP contribution in [-0.2, 0) is 9.47 Å². The first-order valence-electron chi connectivity index (χ1n) is 5.35. The minimum absolute atomic E-state index is 0.488. The summed E-state index contributed by atoms with van der Waals surface area (Å²) in [4.78, 5) is 0. The van der Waals surface area contributed by atoms with Gasteiger partial charge in [-0.25, -0.2) is 0 Å². The Bertz CT molecular complexity index is 311. The zero-order chi connectivity index (χ0) is 12.0. The van der Waals surface area contributed by atoms with Crippen molar-refractivity contribution in [1.82, 2.24) is 0 Å². The molecule has 3 nitrogen and oxygen atoms in total. The van der Waals surface area contributed by atoms with Gasteiger partial charge < -0.3 is 14.6 Å². The molecule has 0 amide bonds. The molecule has 0 radical (unpaired) electrons. The van der Waals surface area contributed by atoms with Gasteiger partial charge in [0, 0.05) is 18.2 Å². The molecule has 1 rings (SSSR count). The lowest BCUT2D eigenvalue weighted by Gasteiger charge is -2.22. The van der Waals surface area contributed by atoms with Gasteiger partial charge in [-0.3, -0.25) is 0 Å². The van der Waals surface area contributed by atoms with E-state index in [9.17, 15) is 5.11 Å². The second-order valence-electron chi connectivity index (χ2n) is 3.28. The molecule has 1 unspecified atom stereocenters. The van der Waals surface area contributed by atoms with Gasteiger partial charge in [-0.05, 0) is 31.5 Å². The lowest BCUT2D eigenvalue weighted by Crippen LogP contribution is -2.25. The highest BCUT2D eigenvalue weighted by atomic mass is 35.5. The summed E-state index contributed by atoms with van der Waals surface area (Å²) in [6, 6.07) is 7.04. The molecule has 4 heteroatoms. The molecule has 1 atom stereocenters. The van der Waals surface area contributed by atoms with Crippen LogP contribution in [0.3, 0.4) is 0 Å². The van der Waals surface area contributed by atoms with Crippen molar-refractivity contribution in [2.75, 3.05) is 13.2 Å². The minimum Gasteiger partial charge on any atom is -0.383 e. The summed E-state index contributed by atoms with van der Waals surface area (Å²) in [5.41, 5.74) is 0.694. The monoisotopic (exact) mass is 244 g/mol. The van der Waals surface area contributed by atoms with Crippen LogP contribution in [0.4, 0.5) is 0 Å². The summed E-state index contributed by atoms with van der Waals surface area (Å²) in [5, 5.41) is 10.6. The van der Waals surface area contributed by atoms with E-state index in [1.807, 2.05) is 13.8 Å². The third-order valence-corrected chi connectivity index (χ3v) is 2.34. The summed E-state index contributed by atoms with van der Waals surface area (Å²) in [6.07, 6.45) is -1.47. The summed E-state index contributed by atoms with van der Waals surface area (Å²) >= 11 is 5.85. The molecule has 16 heavy (non-hydrogen) atoms. The molecule has 1 aromatic carbocycles. The van der Waals surface area contributed by atoms with Gasteiger partial charge in [0.1, 0.15) is 6.10 Å². The number of rotatable bonds is 6. The van der Waals surface area contributed by atoms with Gasteiger partial charge in [0.05, 0.1) is 0 Å². The van der Waals surface area contributed by atoms with E-state index in [4.69, 9.17) is 21.1 Å². The van der Waals surface area contributed by atoms with E-state index in [-0.39, 0.29) is 0 Å². The molecule has 1 aromatic rings. The molecule has 90 valence electrons. The van der Waals surface area contributed by atoms with Crippen LogP contribution < -0.4 is 0 Å². The highest BCUT2D eigenvalue weighted by Crippen LogP contribution is 2.22. The van der Waals surface area contributed by atoms with Crippen molar-refractivity contribution in [3.63, 3.8) is 0 Å². The molecule has 0 heterocycles. The second kappa shape index (κ2) is 6.86. The first kappa shape index (κ1) is 13.5. The molecule has 0 bridgehead atoms. The number of aliphatic hydroxyl groups excluding tert-OH is 1. The van der Waals surface area contributed by atoms with Crippen LogP contribution in [0.15, 0.2) is 24.3 Å². The molecule has 0 fully saturated rings. The van der Waals surface area contributed by atoms with E-state index in [2.05, 4.69) is 0 Å². The van der Waals surface area contributed by atoms with Crippen LogP contribution >= 0.6 is 11.6 Å². The normalized spacial score (nSPS) is 13.1. The van der Waals surface area contributed by atoms with Crippen molar-refractivity contribution >= 4 is 11.6 Å². The van der Waals surface area contributed by atoms with Gasteiger partial charge in [0.15, 0.2) is 6.29 Å². The zero-order valence-electron chi connectivity index (χ0n) is 9.52. The summed E-state index contributed by atoms with van der Waals surface area (Å²) in [5.74, 6) is 0. The predicted molar refractivity (Wildman–Crippen MR) is 63.5 cm³/mol. The van der Waals surface area contributed by atoms with Crippen LogP contribution in [0, 0.1) is 0 Å². The van der Waals surface area contributed by atoms with Crippen molar-refractivity contribution in [2.45, 2.75) is 26.2 Å². The maximum atomic E-state index is 10.1. The average molecular weight is 245 g/mol. The fourth-order valence-corrected chi connectivity index (χ4v) is 1.61. The molecule has 1 N–H and O–H groups in total. The number of aliphatic hydroxyl groups is 1. The topological polar surface area (TPSA) is 38.7 Å². The Labute approximate surface area is 101 Å². The van der Waals surface area contributed by atoms with Gasteiger partial charge in [-0.2, -0.15) is 0 Å². The smallest absolute Gasteiger partial charge is 0.187 e. The van der Waals surface area contributed by atoms with Crippen molar-refractivity contribution in [3.05, 3.63) is 34.9 Å². The highest BCUT2D eigenvalue weighted by molar-refractivity contribution is 6.30. The Morgan fingerprint density at radius 1 is 1.25 bits per heavy atom. The van der Waals surface area contributed by atoms with E-state index in [1.54, 1.807) is 24.3 Å². The van der Waals surface area contributed by atoms with E-state index in [1.165, 1.54) is 0 Å². The quantitative estimate of drug-likeness (QED) is 0.782. The van der Waals surface area contributed by atoms with Gasteiger partial charge in [-0.15, -0.1) is 0 Å². The molecule has 0 saturated carbocycles. The molecule has 0 aliphatic rings. The Hall–Kier alpha value is -0.610. The van der Waals surface area contributed by atoms with Gasteiger partial charge in [0.25, 0.3) is 0 Å². The zero-order valence-corrected chi connectivity index (χ0v) is 10.3. The summed E-state index contributed by atoms with van der Waals surface area (Å²) in [6.45, 7) is 4.69. The maximum absolute atomic E-state index is 10.1. The summed E-state index contributed by atoms with van der Waals surface area (Å²) < 4.78 is 10.6. The van der Waals surface area contributed by atoms with E-state index >= 15 is 0 Å². The van der Waals surface area contributed by atoms with Gasteiger partial charge >= 0.3 is 0 Å². The van der Waals surface area contributed by atoms with Crippen LogP contribution in [0.1, 0.15) is 25.5 Å². The lowest BCUT2D eigenvalue weighted by atomic mass is 10.1. The first-order valence-corrected chi connectivity index (χ1v) is 5.73. The van der Waals surface area contributed by atoms with Crippen molar-refractivity contribution < 1.29 is 14.6 Å². The molecule has 0 aliphatic heterocycles. The van der Waals surface area contributed by atoms with Crippen molar-refractivity contribution in [2.24, 2.45) is 0 Å². The Morgan fingerprint density at radius 3 is 2.38 bits per heavy atom. The molecule has 0 aliphatic carbocycles. The lowest BCUT2D eigenvalue weighted by molar-refractivity contribution is -0.191. The first-order chi connectivity index (χ1) is 7.69. The number of halogens is 1. The largest absolute Gasteiger partial charge is 0.383 e. The predicted octanol–water partition coefficient (Wildman–Crippen LogP) is 2.77. The van der Waals surface area contributed by atoms with Gasteiger partial charge in [0.2, 0.25) is 0 Å². The van der Waals surface area contributed by atoms with Gasteiger partial charge in [-0.1, -0.05) is 23.7 Å². The minimum atomic E-state index is -0.821. The fraction of sp³-hybridized carbons (Fsp3) is 0.500. The third kappa shape index (κ3) is 3.76.